The Morgan fingerprint density at radius 3 is 2.44 bits per heavy atom. The van der Waals surface area contributed by atoms with Gasteiger partial charge in [0.25, 0.3) is 0 Å². The second kappa shape index (κ2) is 4.89. The maximum absolute atomic E-state index is 5.52. The number of hydrogen-bond acceptors (Lipinski definition) is 1. The van der Waals surface area contributed by atoms with E-state index < -0.39 is 0 Å². The highest BCUT2D eigenvalue weighted by atomic mass is 16.5. The van der Waals surface area contributed by atoms with Gasteiger partial charge in [-0.3, -0.25) is 0 Å². The van der Waals surface area contributed by atoms with Gasteiger partial charge in [0.15, 0.2) is 0 Å². The first-order valence-corrected chi connectivity index (χ1v) is 6.69. The van der Waals surface area contributed by atoms with E-state index in [0.29, 0.717) is 6.04 Å². The molecular formula is C16H19NO. The summed E-state index contributed by atoms with van der Waals surface area (Å²) in [5.41, 5.74) is 2.43. The molecular weight excluding hydrogens is 222 g/mol. The highest BCUT2D eigenvalue weighted by Gasteiger charge is 2.19. The van der Waals surface area contributed by atoms with Crippen LogP contribution < -0.4 is 4.74 Å². The van der Waals surface area contributed by atoms with Crippen molar-refractivity contribution in [3.05, 3.63) is 42.7 Å². The van der Waals surface area contributed by atoms with Gasteiger partial charge in [0, 0.05) is 24.0 Å². The lowest BCUT2D eigenvalue weighted by molar-refractivity contribution is 0.412. The van der Waals surface area contributed by atoms with Crippen molar-refractivity contribution >= 4 is 0 Å². The number of methoxy groups -OCH3 is 1. The molecule has 0 radical (unpaired) electrons. The van der Waals surface area contributed by atoms with Crippen LogP contribution in [0.4, 0.5) is 0 Å². The summed E-state index contributed by atoms with van der Waals surface area (Å²) in [5.74, 6) is 0.980. The minimum Gasteiger partial charge on any atom is -0.495 e. The van der Waals surface area contributed by atoms with Crippen molar-refractivity contribution in [2.24, 2.45) is 0 Å². The molecule has 0 amide bonds. The van der Waals surface area contributed by atoms with Gasteiger partial charge in [0.2, 0.25) is 0 Å². The van der Waals surface area contributed by atoms with E-state index in [4.69, 9.17) is 4.74 Å². The summed E-state index contributed by atoms with van der Waals surface area (Å²) in [6.07, 6.45) is 9.69. The molecule has 1 aliphatic carbocycles. The molecule has 2 heteroatoms. The Kier molecular flexibility index (Phi) is 3.09. The molecule has 1 heterocycles. The van der Waals surface area contributed by atoms with Crippen molar-refractivity contribution in [1.29, 1.82) is 0 Å². The molecule has 0 spiro atoms. The van der Waals surface area contributed by atoms with E-state index in [2.05, 4.69) is 41.2 Å². The maximum Gasteiger partial charge on any atom is 0.144 e. The Morgan fingerprint density at radius 1 is 1.06 bits per heavy atom. The average Bonchev–Trinajstić information content (AvgIpc) is 3.08. The molecule has 1 aliphatic rings. The largest absolute Gasteiger partial charge is 0.495 e. The van der Waals surface area contributed by atoms with Gasteiger partial charge in [-0.2, -0.15) is 0 Å². The lowest BCUT2D eigenvalue weighted by atomic mass is 10.1. The van der Waals surface area contributed by atoms with Gasteiger partial charge in [-0.1, -0.05) is 43.2 Å². The summed E-state index contributed by atoms with van der Waals surface area (Å²) in [4.78, 5) is 0. The summed E-state index contributed by atoms with van der Waals surface area (Å²) in [7, 11) is 1.75. The molecule has 1 aromatic carbocycles. The van der Waals surface area contributed by atoms with Crippen molar-refractivity contribution in [1.82, 2.24) is 4.57 Å². The molecule has 2 nitrogen and oxygen atoms in total. The van der Waals surface area contributed by atoms with Crippen LogP contribution in [0.1, 0.15) is 31.7 Å². The first kappa shape index (κ1) is 11.4. The zero-order valence-electron chi connectivity index (χ0n) is 10.8. The Balaban J connectivity index is 1.98. The fraction of sp³-hybridized carbons (Fsp3) is 0.375. The molecule has 18 heavy (non-hydrogen) atoms. The van der Waals surface area contributed by atoms with Gasteiger partial charge in [-0.15, -0.1) is 0 Å². The molecule has 0 unspecified atom stereocenters. The van der Waals surface area contributed by atoms with Crippen molar-refractivity contribution in [3.8, 4) is 16.9 Å². The zero-order chi connectivity index (χ0) is 12.4. The molecule has 0 aliphatic heterocycles. The van der Waals surface area contributed by atoms with Crippen LogP contribution in [0, 0.1) is 0 Å². The monoisotopic (exact) mass is 241 g/mol. The SMILES string of the molecule is COc1cn(C2CCCC2)cc1-c1ccccc1. The van der Waals surface area contributed by atoms with Crippen LogP contribution in [0.2, 0.25) is 0 Å². The van der Waals surface area contributed by atoms with Gasteiger partial charge in [-0.25, -0.2) is 0 Å². The summed E-state index contributed by atoms with van der Waals surface area (Å²) in [6.45, 7) is 0. The minimum atomic E-state index is 0.663. The highest BCUT2D eigenvalue weighted by Crippen LogP contribution is 2.36. The average molecular weight is 241 g/mol. The second-order valence-corrected chi connectivity index (χ2v) is 4.99. The van der Waals surface area contributed by atoms with E-state index in [1.807, 2.05) is 6.07 Å². The molecule has 1 saturated carbocycles. The first-order valence-electron chi connectivity index (χ1n) is 6.69. The van der Waals surface area contributed by atoms with E-state index in [-0.39, 0.29) is 0 Å². The first-order chi connectivity index (χ1) is 8.88. The molecule has 0 bridgehead atoms. The molecule has 1 fully saturated rings. The summed E-state index contributed by atoms with van der Waals surface area (Å²) < 4.78 is 7.86. The van der Waals surface area contributed by atoms with Crippen molar-refractivity contribution in [2.45, 2.75) is 31.7 Å². The third-order valence-corrected chi connectivity index (χ3v) is 3.86. The normalized spacial score (nSPS) is 16.1. The molecule has 2 aromatic rings. The van der Waals surface area contributed by atoms with E-state index >= 15 is 0 Å². The minimum absolute atomic E-state index is 0.663. The molecule has 0 N–H and O–H groups in total. The predicted molar refractivity (Wildman–Crippen MR) is 73.9 cm³/mol. The summed E-state index contributed by atoms with van der Waals surface area (Å²) in [6, 6.07) is 11.1. The van der Waals surface area contributed by atoms with Crippen molar-refractivity contribution < 1.29 is 4.74 Å². The van der Waals surface area contributed by atoms with Crippen LogP contribution in [0.5, 0.6) is 5.75 Å². The van der Waals surface area contributed by atoms with Crippen molar-refractivity contribution in [2.75, 3.05) is 7.11 Å². The Labute approximate surface area is 108 Å². The Hall–Kier alpha value is -1.70. The third kappa shape index (κ3) is 2.03. The van der Waals surface area contributed by atoms with Crippen LogP contribution in [0.15, 0.2) is 42.7 Å². The molecule has 1 aromatic heterocycles. The van der Waals surface area contributed by atoms with Crippen LogP contribution in [-0.4, -0.2) is 11.7 Å². The lowest BCUT2D eigenvalue weighted by Crippen LogP contribution is -2.00. The van der Waals surface area contributed by atoms with E-state index in [9.17, 15) is 0 Å². The smallest absolute Gasteiger partial charge is 0.144 e. The van der Waals surface area contributed by atoms with Crippen LogP contribution in [0.3, 0.4) is 0 Å². The number of hydrogen-bond donors (Lipinski definition) is 0. The van der Waals surface area contributed by atoms with Crippen LogP contribution in [-0.2, 0) is 0 Å². The fourth-order valence-corrected chi connectivity index (χ4v) is 2.87. The van der Waals surface area contributed by atoms with E-state index in [0.717, 1.165) is 5.75 Å². The third-order valence-electron chi connectivity index (χ3n) is 3.86. The number of benzene rings is 1. The maximum atomic E-state index is 5.52. The van der Waals surface area contributed by atoms with Gasteiger partial charge in [-0.05, 0) is 18.4 Å². The van der Waals surface area contributed by atoms with Crippen LogP contribution >= 0.6 is 0 Å². The Morgan fingerprint density at radius 2 is 1.78 bits per heavy atom. The topological polar surface area (TPSA) is 14.2 Å². The van der Waals surface area contributed by atoms with Crippen LogP contribution in [0.25, 0.3) is 11.1 Å². The number of ether oxygens (including phenoxy) is 1. The summed E-state index contributed by atoms with van der Waals surface area (Å²) >= 11 is 0. The highest BCUT2D eigenvalue weighted by molar-refractivity contribution is 5.69. The molecule has 0 atom stereocenters. The van der Waals surface area contributed by atoms with Gasteiger partial charge < -0.3 is 9.30 Å². The zero-order valence-corrected chi connectivity index (χ0v) is 10.8. The van der Waals surface area contributed by atoms with E-state index in [1.165, 1.54) is 36.8 Å². The molecule has 94 valence electrons. The van der Waals surface area contributed by atoms with Gasteiger partial charge >= 0.3 is 0 Å². The lowest BCUT2D eigenvalue weighted by Gasteiger charge is -2.10. The standard InChI is InChI=1S/C16H19NO/c1-18-16-12-17(14-9-5-6-10-14)11-15(16)13-7-3-2-4-8-13/h2-4,7-8,11-12,14H,5-6,9-10H2,1H3. The second-order valence-electron chi connectivity index (χ2n) is 4.99. The Bertz CT molecular complexity index is 509. The van der Waals surface area contributed by atoms with Gasteiger partial charge in [0.1, 0.15) is 5.75 Å². The summed E-state index contributed by atoms with van der Waals surface area (Å²) in [5, 5.41) is 0. The van der Waals surface area contributed by atoms with Crippen molar-refractivity contribution in [3.63, 3.8) is 0 Å². The van der Waals surface area contributed by atoms with E-state index in [1.54, 1.807) is 7.11 Å². The molecule has 0 saturated heterocycles. The number of nitrogens with zero attached hydrogens (tertiary/aromatic N) is 1. The van der Waals surface area contributed by atoms with Gasteiger partial charge in [0.05, 0.1) is 7.11 Å². The predicted octanol–water partition coefficient (Wildman–Crippen LogP) is 4.28. The molecule has 3 rings (SSSR count). The fourth-order valence-electron chi connectivity index (χ4n) is 2.87. The number of rotatable bonds is 3. The quantitative estimate of drug-likeness (QED) is 0.782. The number of aromatic nitrogens is 1.